The Kier molecular flexibility index (Phi) is 5.56. The zero-order valence-corrected chi connectivity index (χ0v) is 16.5. The number of benzene rings is 2. The van der Waals surface area contributed by atoms with Crippen molar-refractivity contribution in [1.29, 1.82) is 0 Å². The van der Waals surface area contributed by atoms with Gasteiger partial charge in [-0.2, -0.15) is 0 Å². The zero-order chi connectivity index (χ0) is 18.7. The first-order valence-corrected chi connectivity index (χ1v) is 9.08. The quantitative estimate of drug-likeness (QED) is 0.767. The van der Waals surface area contributed by atoms with E-state index in [1.165, 1.54) is 0 Å². The first kappa shape index (κ1) is 18.4. The molecule has 0 fully saturated rings. The van der Waals surface area contributed by atoms with Gasteiger partial charge in [-0.1, -0.05) is 17.7 Å². The van der Waals surface area contributed by atoms with Crippen LogP contribution in [0, 0.1) is 6.92 Å². The van der Waals surface area contributed by atoms with Gasteiger partial charge in [0.25, 0.3) is 0 Å². The van der Waals surface area contributed by atoms with Gasteiger partial charge in [-0.3, -0.25) is 0 Å². The van der Waals surface area contributed by atoms with Crippen LogP contribution in [-0.4, -0.2) is 26.4 Å². The fourth-order valence-electron chi connectivity index (χ4n) is 2.78. The smallest absolute Gasteiger partial charge is 0.319 e. The van der Waals surface area contributed by atoms with E-state index in [0.717, 1.165) is 21.3 Å². The van der Waals surface area contributed by atoms with Crippen LogP contribution in [0.5, 0.6) is 17.2 Å². The van der Waals surface area contributed by atoms with Gasteiger partial charge in [-0.15, -0.1) is 0 Å². The van der Waals surface area contributed by atoms with Crippen molar-refractivity contribution in [2.24, 2.45) is 0 Å². The Morgan fingerprint density at radius 1 is 1.19 bits per heavy atom. The second kappa shape index (κ2) is 7.86. The predicted molar refractivity (Wildman–Crippen MR) is 103 cm³/mol. The molecule has 2 aromatic rings. The lowest BCUT2D eigenvalue weighted by atomic mass is 10.0. The Morgan fingerprint density at radius 2 is 1.88 bits per heavy atom. The van der Waals surface area contributed by atoms with Crippen LogP contribution in [-0.2, 0) is 0 Å². The Labute approximate surface area is 161 Å². The molecular formula is C19H21BrN2O4. The number of rotatable bonds is 4. The van der Waals surface area contributed by atoms with Crippen LogP contribution in [0.25, 0.3) is 0 Å². The van der Waals surface area contributed by atoms with Crippen LogP contribution in [0.2, 0.25) is 0 Å². The standard InChI is InChI=1S/C19H21BrN2O4/c1-11-4-5-16(24-3)13(8-11)12(2)21-19(23)22-15-10-18-17(9-14(15)20)25-6-7-26-18/h4-5,8-10,12H,6-7H2,1-3H3,(H2,21,22,23)/t12-/m1/s1. The lowest BCUT2D eigenvalue weighted by molar-refractivity contribution is 0.171. The lowest BCUT2D eigenvalue weighted by Gasteiger charge is -2.21. The molecule has 0 bridgehead atoms. The molecule has 1 heterocycles. The molecule has 0 aliphatic carbocycles. The van der Waals surface area contributed by atoms with Crippen molar-refractivity contribution in [2.45, 2.75) is 19.9 Å². The summed E-state index contributed by atoms with van der Waals surface area (Å²) >= 11 is 3.45. The zero-order valence-electron chi connectivity index (χ0n) is 14.9. The normalized spacial score (nSPS) is 13.7. The lowest BCUT2D eigenvalue weighted by Crippen LogP contribution is -2.31. The van der Waals surface area contributed by atoms with E-state index in [4.69, 9.17) is 14.2 Å². The highest BCUT2D eigenvalue weighted by Gasteiger charge is 2.18. The minimum absolute atomic E-state index is 0.221. The molecular weight excluding hydrogens is 400 g/mol. The van der Waals surface area contributed by atoms with E-state index in [-0.39, 0.29) is 12.1 Å². The molecule has 0 spiro atoms. The SMILES string of the molecule is COc1ccc(C)cc1[C@@H](C)NC(=O)Nc1cc2c(cc1Br)OCCO2. The van der Waals surface area contributed by atoms with Crippen LogP contribution >= 0.6 is 15.9 Å². The average Bonchev–Trinajstić information content (AvgIpc) is 2.62. The summed E-state index contributed by atoms with van der Waals surface area (Å²) in [5, 5.41) is 5.77. The molecule has 0 saturated carbocycles. The summed E-state index contributed by atoms with van der Waals surface area (Å²) < 4.78 is 17.2. The maximum Gasteiger partial charge on any atom is 0.319 e. The monoisotopic (exact) mass is 420 g/mol. The summed E-state index contributed by atoms with van der Waals surface area (Å²) in [5.41, 5.74) is 2.63. The molecule has 26 heavy (non-hydrogen) atoms. The number of methoxy groups -OCH3 is 1. The third kappa shape index (κ3) is 4.04. The van der Waals surface area contributed by atoms with Gasteiger partial charge < -0.3 is 24.8 Å². The van der Waals surface area contributed by atoms with Crippen molar-refractivity contribution >= 4 is 27.6 Å². The molecule has 2 N–H and O–H groups in total. The number of urea groups is 1. The first-order valence-electron chi connectivity index (χ1n) is 8.29. The van der Waals surface area contributed by atoms with E-state index in [2.05, 4.69) is 26.6 Å². The number of hydrogen-bond acceptors (Lipinski definition) is 4. The molecule has 2 amide bonds. The van der Waals surface area contributed by atoms with Crippen molar-refractivity contribution in [3.63, 3.8) is 0 Å². The second-order valence-corrected chi connectivity index (χ2v) is 6.90. The van der Waals surface area contributed by atoms with Gasteiger partial charge in [0, 0.05) is 22.2 Å². The van der Waals surface area contributed by atoms with Crippen molar-refractivity contribution in [1.82, 2.24) is 5.32 Å². The molecule has 138 valence electrons. The number of fused-ring (bicyclic) bond motifs is 1. The average molecular weight is 421 g/mol. The van der Waals surface area contributed by atoms with Crippen LogP contribution in [0.15, 0.2) is 34.8 Å². The number of carbonyl (C=O) groups excluding carboxylic acids is 1. The third-order valence-electron chi connectivity index (χ3n) is 4.08. The molecule has 1 aliphatic rings. The molecule has 0 aromatic heterocycles. The van der Waals surface area contributed by atoms with Crippen molar-refractivity contribution < 1.29 is 19.0 Å². The van der Waals surface area contributed by atoms with Crippen LogP contribution in [0.1, 0.15) is 24.1 Å². The molecule has 0 saturated heterocycles. The van der Waals surface area contributed by atoms with E-state index in [1.807, 2.05) is 32.0 Å². The number of anilines is 1. The number of nitrogens with one attached hydrogen (secondary N) is 2. The number of hydrogen-bond donors (Lipinski definition) is 2. The topological polar surface area (TPSA) is 68.8 Å². The van der Waals surface area contributed by atoms with Gasteiger partial charge in [-0.05, 0) is 35.8 Å². The summed E-state index contributed by atoms with van der Waals surface area (Å²) in [6, 6.07) is 8.87. The summed E-state index contributed by atoms with van der Waals surface area (Å²) in [6.07, 6.45) is 0. The predicted octanol–water partition coefficient (Wildman–Crippen LogP) is 4.42. The summed E-state index contributed by atoms with van der Waals surface area (Å²) in [6.45, 7) is 4.92. The van der Waals surface area contributed by atoms with Crippen molar-refractivity contribution in [2.75, 3.05) is 25.6 Å². The Balaban J connectivity index is 1.72. The third-order valence-corrected chi connectivity index (χ3v) is 4.74. The summed E-state index contributed by atoms with van der Waals surface area (Å²) in [7, 11) is 1.62. The van der Waals surface area contributed by atoms with Crippen molar-refractivity contribution in [3.8, 4) is 17.2 Å². The minimum Gasteiger partial charge on any atom is -0.496 e. The Morgan fingerprint density at radius 3 is 2.58 bits per heavy atom. The molecule has 6 nitrogen and oxygen atoms in total. The summed E-state index contributed by atoms with van der Waals surface area (Å²) in [5.74, 6) is 2.01. The Bertz CT molecular complexity index is 825. The number of ether oxygens (including phenoxy) is 3. The van der Waals surface area contributed by atoms with Gasteiger partial charge in [0.05, 0.1) is 18.8 Å². The number of amides is 2. The largest absolute Gasteiger partial charge is 0.496 e. The second-order valence-electron chi connectivity index (χ2n) is 6.04. The molecule has 1 aliphatic heterocycles. The fourth-order valence-corrected chi connectivity index (χ4v) is 3.21. The molecule has 3 rings (SSSR count). The highest BCUT2D eigenvalue weighted by Crippen LogP contribution is 2.38. The van der Waals surface area contributed by atoms with Crippen molar-refractivity contribution in [3.05, 3.63) is 45.9 Å². The maximum atomic E-state index is 12.4. The van der Waals surface area contributed by atoms with Gasteiger partial charge in [-0.25, -0.2) is 4.79 Å². The van der Waals surface area contributed by atoms with E-state index >= 15 is 0 Å². The van der Waals surface area contributed by atoms with Crippen LogP contribution in [0.3, 0.4) is 0 Å². The minimum atomic E-state index is -0.321. The van der Waals surface area contributed by atoms with E-state index < -0.39 is 0 Å². The van der Waals surface area contributed by atoms with Crippen LogP contribution < -0.4 is 24.8 Å². The number of aryl methyl sites for hydroxylation is 1. The first-order chi connectivity index (χ1) is 12.5. The number of halogens is 1. The van der Waals surface area contributed by atoms with Crippen LogP contribution in [0.4, 0.5) is 10.5 Å². The maximum absolute atomic E-state index is 12.4. The highest BCUT2D eigenvalue weighted by molar-refractivity contribution is 9.10. The van der Waals surface area contributed by atoms with Gasteiger partial charge in [0.15, 0.2) is 11.5 Å². The number of carbonyl (C=O) groups is 1. The molecule has 7 heteroatoms. The molecule has 0 radical (unpaired) electrons. The highest BCUT2D eigenvalue weighted by atomic mass is 79.9. The Hall–Kier alpha value is -2.41. The van der Waals surface area contributed by atoms with E-state index in [9.17, 15) is 4.79 Å². The van der Waals surface area contributed by atoms with E-state index in [1.54, 1.807) is 19.2 Å². The molecule has 1 atom stereocenters. The molecule has 2 aromatic carbocycles. The van der Waals surface area contributed by atoms with Gasteiger partial charge >= 0.3 is 6.03 Å². The fraction of sp³-hybridized carbons (Fsp3) is 0.316. The van der Waals surface area contributed by atoms with E-state index in [0.29, 0.717) is 30.4 Å². The van der Waals surface area contributed by atoms with Gasteiger partial charge in [0.1, 0.15) is 19.0 Å². The molecule has 0 unspecified atom stereocenters. The van der Waals surface area contributed by atoms with Gasteiger partial charge in [0.2, 0.25) is 0 Å². The summed E-state index contributed by atoms with van der Waals surface area (Å²) in [4.78, 5) is 12.4.